The van der Waals surface area contributed by atoms with Crippen molar-refractivity contribution >= 4 is 45.7 Å². The van der Waals surface area contributed by atoms with Crippen molar-refractivity contribution in [3.8, 4) is 5.69 Å². The maximum Gasteiger partial charge on any atom is 0.437 e. The van der Waals surface area contributed by atoms with Crippen molar-refractivity contribution < 1.29 is 13.2 Å². The molecule has 174 valence electrons. The molecule has 0 saturated carbocycles. The van der Waals surface area contributed by atoms with Gasteiger partial charge in [-0.15, -0.1) is 0 Å². The third kappa shape index (κ3) is 4.08. The SMILES string of the molecule is O=c1c2cnc(Nc3ccc4c(c3)CNCC4)nc2c(C(F)(F)F)nn1-c1c(Cl)cccc1Cl. The zero-order valence-corrected chi connectivity index (χ0v) is 18.8. The fourth-order valence-electron chi connectivity index (χ4n) is 3.81. The van der Waals surface area contributed by atoms with Crippen molar-refractivity contribution in [1.29, 1.82) is 0 Å². The molecule has 12 heteroatoms. The minimum absolute atomic E-state index is 0.0318. The van der Waals surface area contributed by atoms with Gasteiger partial charge < -0.3 is 10.6 Å². The summed E-state index contributed by atoms with van der Waals surface area (Å²) in [5.74, 6) is -0.101. The van der Waals surface area contributed by atoms with E-state index in [1.54, 1.807) is 6.07 Å². The first-order chi connectivity index (χ1) is 16.2. The zero-order chi connectivity index (χ0) is 24.0. The van der Waals surface area contributed by atoms with Crippen molar-refractivity contribution in [3.63, 3.8) is 0 Å². The Morgan fingerprint density at radius 1 is 1.09 bits per heavy atom. The Bertz CT molecular complexity index is 1470. The average Bonchev–Trinajstić information content (AvgIpc) is 2.79. The molecule has 0 bridgehead atoms. The molecule has 0 unspecified atom stereocenters. The summed E-state index contributed by atoms with van der Waals surface area (Å²) in [5, 5.41) is 9.29. The number of para-hydroxylation sites is 1. The summed E-state index contributed by atoms with van der Waals surface area (Å²) in [5.41, 5.74) is -0.149. The van der Waals surface area contributed by atoms with Gasteiger partial charge >= 0.3 is 6.18 Å². The van der Waals surface area contributed by atoms with Crippen LogP contribution in [0.5, 0.6) is 0 Å². The number of halogens is 5. The standard InChI is InChI=1S/C22H15Cl2F3N6O/c23-15-2-1-3-16(24)18(15)33-20(34)14-10-29-21(31-17(14)19(32-33)22(25,26)27)30-13-5-4-11-6-7-28-9-12(11)8-13/h1-5,8,10,28H,6-7,9H2,(H,29,30,31). The highest BCUT2D eigenvalue weighted by molar-refractivity contribution is 6.37. The Labute approximate surface area is 200 Å². The largest absolute Gasteiger partial charge is 0.437 e. The van der Waals surface area contributed by atoms with Crippen LogP contribution in [-0.4, -0.2) is 26.3 Å². The second kappa shape index (κ2) is 8.53. The Hall–Kier alpha value is -3.21. The van der Waals surface area contributed by atoms with Crippen molar-refractivity contribution in [1.82, 2.24) is 25.1 Å². The molecule has 4 aromatic rings. The van der Waals surface area contributed by atoms with E-state index < -0.39 is 22.9 Å². The molecule has 0 atom stereocenters. The number of nitrogens with zero attached hydrogens (tertiary/aromatic N) is 4. The van der Waals surface area contributed by atoms with Gasteiger partial charge in [0.2, 0.25) is 5.95 Å². The first kappa shape index (κ1) is 22.6. The summed E-state index contributed by atoms with van der Waals surface area (Å²) in [6.45, 7) is 1.58. The molecule has 2 N–H and O–H groups in total. The van der Waals surface area contributed by atoms with Gasteiger partial charge in [-0.05, 0) is 48.4 Å². The Balaban J connectivity index is 1.64. The van der Waals surface area contributed by atoms with E-state index in [4.69, 9.17) is 23.2 Å². The molecular weight excluding hydrogens is 492 g/mol. The number of aromatic nitrogens is 4. The molecule has 5 rings (SSSR count). The van der Waals surface area contributed by atoms with Gasteiger partial charge in [0.15, 0.2) is 5.69 Å². The lowest BCUT2D eigenvalue weighted by Gasteiger charge is -2.18. The molecule has 1 aliphatic heterocycles. The van der Waals surface area contributed by atoms with Gasteiger partial charge in [-0.3, -0.25) is 4.79 Å². The monoisotopic (exact) mass is 506 g/mol. The van der Waals surface area contributed by atoms with Gasteiger partial charge in [0.25, 0.3) is 5.56 Å². The summed E-state index contributed by atoms with van der Waals surface area (Å²) < 4.78 is 42.4. The van der Waals surface area contributed by atoms with E-state index in [9.17, 15) is 18.0 Å². The molecule has 0 radical (unpaired) electrons. The number of fused-ring (bicyclic) bond motifs is 2. The number of rotatable bonds is 3. The second-order valence-corrected chi connectivity index (χ2v) is 8.44. The van der Waals surface area contributed by atoms with Gasteiger partial charge in [0, 0.05) is 18.4 Å². The van der Waals surface area contributed by atoms with Crippen LogP contribution in [-0.2, 0) is 19.1 Å². The smallest absolute Gasteiger partial charge is 0.324 e. The molecule has 34 heavy (non-hydrogen) atoms. The maximum absolute atomic E-state index is 14.0. The highest BCUT2D eigenvalue weighted by atomic mass is 35.5. The highest BCUT2D eigenvalue weighted by Crippen LogP contribution is 2.34. The molecule has 1 aliphatic rings. The van der Waals surface area contributed by atoms with Gasteiger partial charge in [-0.25, -0.2) is 9.97 Å². The number of alkyl halides is 3. The van der Waals surface area contributed by atoms with Gasteiger partial charge in [-0.2, -0.15) is 23.0 Å². The lowest BCUT2D eigenvalue weighted by atomic mass is 10.0. The van der Waals surface area contributed by atoms with Gasteiger partial charge in [0.05, 0.1) is 15.4 Å². The summed E-state index contributed by atoms with van der Waals surface area (Å²) in [7, 11) is 0. The van der Waals surface area contributed by atoms with Crippen LogP contribution in [0, 0.1) is 0 Å². The van der Waals surface area contributed by atoms with E-state index in [-0.39, 0.29) is 27.1 Å². The lowest BCUT2D eigenvalue weighted by molar-refractivity contribution is -0.140. The molecule has 2 aromatic heterocycles. The normalized spacial score (nSPS) is 13.7. The average molecular weight is 507 g/mol. The lowest BCUT2D eigenvalue weighted by Crippen LogP contribution is -2.27. The van der Waals surface area contributed by atoms with Crippen LogP contribution in [0.15, 0.2) is 47.4 Å². The molecule has 3 heterocycles. The molecule has 0 amide bonds. The third-order valence-electron chi connectivity index (χ3n) is 5.40. The first-order valence-corrected chi connectivity index (χ1v) is 10.9. The van der Waals surface area contributed by atoms with Crippen molar-refractivity contribution in [2.45, 2.75) is 19.1 Å². The Kier molecular flexibility index (Phi) is 5.67. The summed E-state index contributed by atoms with van der Waals surface area (Å²) in [6.07, 6.45) is -2.99. The highest BCUT2D eigenvalue weighted by Gasteiger charge is 2.38. The van der Waals surface area contributed by atoms with E-state index >= 15 is 0 Å². The fourth-order valence-corrected chi connectivity index (χ4v) is 4.36. The third-order valence-corrected chi connectivity index (χ3v) is 6.01. The number of hydrogen-bond acceptors (Lipinski definition) is 6. The van der Waals surface area contributed by atoms with Crippen molar-refractivity contribution in [2.24, 2.45) is 0 Å². The summed E-state index contributed by atoms with van der Waals surface area (Å²) in [4.78, 5) is 21.1. The van der Waals surface area contributed by atoms with Gasteiger partial charge in [0.1, 0.15) is 11.2 Å². The first-order valence-electron chi connectivity index (χ1n) is 10.1. The van der Waals surface area contributed by atoms with Crippen LogP contribution >= 0.6 is 23.2 Å². The number of nitrogens with one attached hydrogen (secondary N) is 2. The summed E-state index contributed by atoms with van der Waals surface area (Å²) >= 11 is 12.2. The molecular formula is C22H15Cl2F3N6O. The van der Waals surface area contributed by atoms with Crippen LogP contribution < -0.4 is 16.2 Å². The number of anilines is 2. The minimum Gasteiger partial charge on any atom is -0.324 e. The maximum atomic E-state index is 14.0. The molecule has 0 saturated heterocycles. The topological polar surface area (TPSA) is 84.7 Å². The Morgan fingerprint density at radius 3 is 2.59 bits per heavy atom. The molecule has 0 spiro atoms. The summed E-state index contributed by atoms with van der Waals surface area (Å²) in [6, 6.07) is 9.93. The van der Waals surface area contributed by atoms with E-state index in [1.165, 1.54) is 23.8 Å². The van der Waals surface area contributed by atoms with Crippen molar-refractivity contribution in [3.05, 3.63) is 79.8 Å². The van der Waals surface area contributed by atoms with Crippen LogP contribution in [0.25, 0.3) is 16.6 Å². The predicted octanol–water partition coefficient (Wildman–Crippen LogP) is 4.89. The minimum atomic E-state index is -4.91. The van der Waals surface area contributed by atoms with Crippen LogP contribution in [0.2, 0.25) is 10.0 Å². The van der Waals surface area contributed by atoms with Crippen LogP contribution in [0.1, 0.15) is 16.8 Å². The zero-order valence-electron chi connectivity index (χ0n) is 17.2. The van der Waals surface area contributed by atoms with E-state index in [0.717, 1.165) is 24.7 Å². The van der Waals surface area contributed by atoms with Crippen LogP contribution in [0.4, 0.5) is 24.8 Å². The Morgan fingerprint density at radius 2 is 1.85 bits per heavy atom. The van der Waals surface area contributed by atoms with E-state index in [1.807, 2.05) is 12.1 Å². The molecule has 0 aliphatic carbocycles. The second-order valence-electron chi connectivity index (χ2n) is 7.62. The van der Waals surface area contributed by atoms with Gasteiger partial charge in [-0.1, -0.05) is 35.3 Å². The number of hydrogen-bond donors (Lipinski definition) is 2. The molecule has 2 aromatic carbocycles. The molecule has 0 fully saturated rings. The van der Waals surface area contributed by atoms with Crippen molar-refractivity contribution in [2.75, 3.05) is 11.9 Å². The quantitative estimate of drug-likeness (QED) is 0.411. The van der Waals surface area contributed by atoms with E-state index in [0.29, 0.717) is 16.9 Å². The predicted molar refractivity (Wildman–Crippen MR) is 123 cm³/mol. The van der Waals surface area contributed by atoms with E-state index in [2.05, 4.69) is 25.7 Å². The fraction of sp³-hybridized carbons (Fsp3) is 0.182. The molecule has 7 nitrogen and oxygen atoms in total. The number of benzene rings is 2. The van der Waals surface area contributed by atoms with Crippen LogP contribution in [0.3, 0.4) is 0 Å².